The van der Waals surface area contributed by atoms with Crippen molar-refractivity contribution in [3.05, 3.63) is 0 Å². The van der Waals surface area contributed by atoms with Gasteiger partial charge in [0.25, 0.3) is 0 Å². The molecule has 0 amide bonds. The van der Waals surface area contributed by atoms with Gasteiger partial charge in [-0.3, -0.25) is 0 Å². The maximum Gasteiger partial charge on any atom is 0.00247 e. The van der Waals surface area contributed by atoms with Crippen LogP contribution in [0.4, 0.5) is 0 Å². The molecule has 0 bridgehead atoms. The summed E-state index contributed by atoms with van der Waals surface area (Å²) in [5.41, 5.74) is 5.97. The van der Waals surface area contributed by atoms with Crippen LogP contribution in [0, 0.1) is 11.8 Å². The van der Waals surface area contributed by atoms with E-state index in [-0.39, 0.29) is 0 Å². The Morgan fingerprint density at radius 2 is 1.94 bits per heavy atom. The summed E-state index contributed by atoms with van der Waals surface area (Å²) in [5, 5.41) is 0. The van der Waals surface area contributed by atoms with Crippen molar-refractivity contribution in [3.8, 4) is 0 Å². The SMILES string of the molecule is NCC(CN1CCCCCC1)C1CCSC1. The highest BCUT2D eigenvalue weighted by atomic mass is 32.2. The van der Waals surface area contributed by atoms with E-state index in [4.69, 9.17) is 5.73 Å². The van der Waals surface area contributed by atoms with Gasteiger partial charge in [0.1, 0.15) is 0 Å². The summed E-state index contributed by atoms with van der Waals surface area (Å²) >= 11 is 2.12. The molecule has 0 aromatic heterocycles. The van der Waals surface area contributed by atoms with Gasteiger partial charge in [0.15, 0.2) is 0 Å². The Labute approximate surface area is 104 Å². The third-order valence-electron chi connectivity index (χ3n) is 4.13. The van der Waals surface area contributed by atoms with Crippen LogP contribution in [0.15, 0.2) is 0 Å². The van der Waals surface area contributed by atoms with Crippen molar-refractivity contribution in [2.24, 2.45) is 17.6 Å². The number of nitrogens with zero attached hydrogens (tertiary/aromatic N) is 1. The van der Waals surface area contributed by atoms with Gasteiger partial charge < -0.3 is 10.6 Å². The van der Waals surface area contributed by atoms with Gasteiger partial charge in [-0.05, 0) is 62.2 Å². The molecule has 3 heteroatoms. The number of hydrogen-bond donors (Lipinski definition) is 1. The highest BCUT2D eigenvalue weighted by Gasteiger charge is 2.26. The fourth-order valence-electron chi connectivity index (χ4n) is 2.99. The van der Waals surface area contributed by atoms with Crippen molar-refractivity contribution < 1.29 is 0 Å². The summed E-state index contributed by atoms with van der Waals surface area (Å²) in [7, 11) is 0. The second-order valence-corrected chi connectivity index (χ2v) is 6.48. The smallest absolute Gasteiger partial charge is 0.00247 e. The number of likely N-dealkylation sites (tertiary alicyclic amines) is 1. The number of rotatable bonds is 4. The van der Waals surface area contributed by atoms with E-state index in [1.54, 1.807) is 0 Å². The van der Waals surface area contributed by atoms with Gasteiger partial charge in [-0.25, -0.2) is 0 Å². The molecule has 2 N–H and O–H groups in total. The van der Waals surface area contributed by atoms with Crippen molar-refractivity contribution in [1.82, 2.24) is 4.90 Å². The van der Waals surface area contributed by atoms with E-state index in [0.717, 1.165) is 18.4 Å². The minimum Gasteiger partial charge on any atom is -0.330 e. The molecule has 2 aliphatic heterocycles. The first-order chi connectivity index (χ1) is 7.90. The van der Waals surface area contributed by atoms with Gasteiger partial charge >= 0.3 is 0 Å². The maximum atomic E-state index is 5.97. The Morgan fingerprint density at radius 3 is 2.50 bits per heavy atom. The van der Waals surface area contributed by atoms with Crippen LogP contribution in [-0.4, -0.2) is 42.6 Å². The predicted octanol–water partition coefficient (Wildman–Crippen LogP) is 2.19. The van der Waals surface area contributed by atoms with Gasteiger partial charge in [-0.1, -0.05) is 12.8 Å². The summed E-state index contributed by atoms with van der Waals surface area (Å²) in [6.45, 7) is 4.79. The Hall–Kier alpha value is 0.270. The van der Waals surface area contributed by atoms with Gasteiger partial charge in [0, 0.05) is 6.54 Å². The summed E-state index contributed by atoms with van der Waals surface area (Å²) in [5.74, 6) is 4.38. The zero-order chi connectivity index (χ0) is 11.2. The van der Waals surface area contributed by atoms with E-state index in [9.17, 15) is 0 Å². The molecule has 0 spiro atoms. The van der Waals surface area contributed by atoms with Crippen molar-refractivity contribution in [3.63, 3.8) is 0 Å². The first-order valence-corrected chi connectivity index (χ1v) is 8.06. The Kier molecular flexibility index (Phi) is 5.46. The molecule has 0 radical (unpaired) electrons. The van der Waals surface area contributed by atoms with Crippen LogP contribution in [0.5, 0.6) is 0 Å². The van der Waals surface area contributed by atoms with E-state index >= 15 is 0 Å². The quantitative estimate of drug-likeness (QED) is 0.819. The maximum absolute atomic E-state index is 5.97. The molecule has 0 saturated carbocycles. The fraction of sp³-hybridized carbons (Fsp3) is 1.00. The fourth-order valence-corrected chi connectivity index (χ4v) is 4.37. The topological polar surface area (TPSA) is 29.3 Å². The Balaban J connectivity index is 1.79. The molecular weight excluding hydrogens is 216 g/mol. The molecule has 0 aromatic rings. The molecular formula is C13H26N2S. The molecule has 2 fully saturated rings. The van der Waals surface area contributed by atoms with Crippen LogP contribution in [0.1, 0.15) is 32.1 Å². The van der Waals surface area contributed by atoms with Gasteiger partial charge in [0.2, 0.25) is 0 Å². The lowest BCUT2D eigenvalue weighted by atomic mass is 9.91. The Bertz CT molecular complexity index is 184. The first-order valence-electron chi connectivity index (χ1n) is 6.90. The van der Waals surface area contributed by atoms with Crippen LogP contribution < -0.4 is 5.73 Å². The van der Waals surface area contributed by atoms with Gasteiger partial charge in [-0.2, -0.15) is 11.8 Å². The van der Waals surface area contributed by atoms with E-state index in [1.165, 1.54) is 63.2 Å². The molecule has 0 aliphatic carbocycles. The predicted molar refractivity (Wildman–Crippen MR) is 72.9 cm³/mol. The molecule has 2 rings (SSSR count). The monoisotopic (exact) mass is 242 g/mol. The summed E-state index contributed by atoms with van der Waals surface area (Å²) in [6, 6.07) is 0. The average Bonchev–Trinajstić information content (AvgIpc) is 2.71. The zero-order valence-electron chi connectivity index (χ0n) is 10.4. The van der Waals surface area contributed by atoms with Crippen molar-refractivity contribution in [2.75, 3.05) is 37.7 Å². The lowest BCUT2D eigenvalue weighted by Crippen LogP contribution is -2.37. The molecule has 2 saturated heterocycles. The molecule has 2 heterocycles. The molecule has 0 aromatic carbocycles. The van der Waals surface area contributed by atoms with E-state index < -0.39 is 0 Å². The second kappa shape index (κ2) is 6.87. The Morgan fingerprint density at radius 1 is 1.19 bits per heavy atom. The van der Waals surface area contributed by atoms with Crippen LogP contribution in [-0.2, 0) is 0 Å². The standard InChI is InChI=1S/C13H26N2S/c14-9-13(12-5-8-16-11-12)10-15-6-3-1-2-4-7-15/h12-13H,1-11,14H2. The minimum atomic E-state index is 0.757. The largest absolute Gasteiger partial charge is 0.330 e. The van der Waals surface area contributed by atoms with Gasteiger partial charge in [-0.15, -0.1) is 0 Å². The summed E-state index contributed by atoms with van der Waals surface area (Å²) in [6.07, 6.45) is 7.07. The second-order valence-electron chi connectivity index (χ2n) is 5.33. The molecule has 2 nitrogen and oxygen atoms in total. The number of hydrogen-bond acceptors (Lipinski definition) is 3. The molecule has 94 valence electrons. The highest BCUT2D eigenvalue weighted by molar-refractivity contribution is 7.99. The van der Waals surface area contributed by atoms with Crippen LogP contribution in [0.25, 0.3) is 0 Å². The van der Waals surface area contributed by atoms with E-state index in [1.807, 2.05) is 0 Å². The zero-order valence-corrected chi connectivity index (χ0v) is 11.2. The highest BCUT2D eigenvalue weighted by Crippen LogP contribution is 2.30. The van der Waals surface area contributed by atoms with Crippen molar-refractivity contribution in [2.45, 2.75) is 32.1 Å². The van der Waals surface area contributed by atoms with E-state index in [2.05, 4.69) is 16.7 Å². The van der Waals surface area contributed by atoms with E-state index in [0.29, 0.717) is 0 Å². The first kappa shape index (κ1) is 12.7. The lowest BCUT2D eigenvalue weighted by molar-refractivity contribution is 0.206. The summed E-state index contributed by atoms with van der Waals surface area (Å²) < 4.78 is 0. The minimum absolute atomic E-state index is 0.757. The molecule has 16 heavy (non-hydrogen) atoms. The van der Waals surface area contributed by atoms with Crippen LogP contribution >= 0.6 is 11.8 Å². The number of thioether (sulfide) groups is 1. The third-order valence-corrected chi connectivity index (χ3v) is 5.31. The molecule has 2 aliphatic rings. The molecule has 2 unspecified atom stereocenters. The van der Waals surface area contributed by atoms with Crippen LogP contribution in [0.3, 0.4) is 0 Å². The normalized spacial score (nSPS) is 30.2. The third kappa shape index (κ3) is 3.64. The lowest BCUT2D eigenvalue weighted by Gasteiger charge is -2.28. The van der Waals surface area contributed by atoms with Crippen LogP contribution in [0.2, 0.25) is 0 Å². The van der Waals surface area contributed by atoms with Crippen molar-refractivity contribution in [1.29, 1.82) is 0 Å². The van der Waals surface area contributed by atoms with Gasteiger partial charge in [0.05, 0.1) is 0 Å². The molecule has 2 atom stereocenters. The average molecular weight is 242 g/mol. The summed E-state index contributed by atoms with van der Waals surface area (Å²) in [4.78, 5) is 2.67. The van der Waals surface area contributed by atoms with Crippen molar-refractivity contribution >= 4 is 11.8 Å². The number of nitrogens with two attached hydrogens (primary N) is 1.